The lowest BCUT2D eigenvalue weighted by molar-refractivity contribution is -0.125. The van der Waals surface area contributed by atoms with Gasteiger partial charge in [0, 0.05) is 30.6 Å². The molecule has 1 atom stereocenters. The van der Waals surface area contributed by atoms with Crippen molar-refractivity contribution in [3.8, 4) is 11.8 Å². The average Bonchev–Trinajstić information content (AvgIpc) is 3.20. The molecule has 3 aromatic rings. The predicted octanol–water partition coefficient (Wildman–Crippen LogP) is 3.40. The standard InChI is InChI=1S/C20H16N4O3/c25-19(18-13-17(24-27-18)14-6-2-1-3-7-14)23-15-8-4-9-16(12-15)26-20-21-10-5-11-22-20/h1-12,18H,13H2,(H,23,25). The molecular formula is C20H16N4O3. The highest BCUT2D eigenvalue weighted by Gasteiger charge is 2.28. The van der Waals surface area contributed by atoms with E-state index in [9.17, 15) is 4.79 Å². The highest BCUT2D eigenvalue weighted by molar-refractivity contribution is 6.06. The Morgan fingerprint density at radius 2 is 1.85 bits per heavy atom. The smallest absolute Gasteiger partial charge is 0.321 e. The Balaban J connectivity index is 1.38. The molecule has 0 saturated heterocycles. The number of oxime groups is 1. The van der Waals surface area contributed by atoms with E-state index in [1.807, 2.05) is 30.3 Å². The number of aromatic nitrogens is 2. The summed E-state index contributed by atoms with van der Waals surface area (Å²) < 4.78 is 5.57. The van der Waals surface area contributed by atoms with Crippen molar-refractivity contribution in [3.05, 3.63) is 78.6 Å². The van der Waals surface area contributed by atoms with E-state index in [-0.39, 0.29) is 11.9 Å². The molecule has 0 aliphatic carbocycles. The van der Waals surface area contributed by atoms with Crippen LogP contribution in [0.5, 0.6) is 11.8 Å². The lowest BCUT2D eigenvalue weighted by atomic mass is 10.0. The third-order valence-corrected chi connectivity index (χ3v) is 3.92. The normalized spacial score (nSPS) is 15.6. The zero-order valence-electron chi connectivity index (χ0n) is 14.3. The Morgan fingerprint density at radius 3 is 2.67 bits per heavy atom. The highest BCUT2D eigenvalue weighted by Crippen LogP contribution is 2.23. The number of rotatable bonds is 5. The number of amides is 1. The number of ether oxygens (including phenoxy) is 1. The zero-order valence-corrected chi connectivity index (χ0v) is 14.3. The fourth-order valence-electron chi connectivity index (χ4n) is 2.62. The number of anilines is 1. The summed E-state index contributed by atoms with van der Waals surface area (Å²) in [4.78, 5) is 25.8. The van der Waals surface area contributed by atoms with Gasteiger partial charge in [-0.3, -0.25) is 4.79 Å². The molecule has 1 aromatic heterocycles. The Hall–Kier alpha value is -3.74. The summed E-state index contributed by atoms with van der Waals surface area (Å²) in [5.74, 6) is 0.255. The number of nitrogens with one attached hydrogen (secondary N) is 1. The van der Waals surface area contributed by atoms with Crippen molar-refractivity contribution < 1.29 is 14.4 Å². The van der Waals surface area contributed by atoms with Crippen LogP contribution in [-0.4, -0.2) is 27.7 Å². The van der Waals surface area contributed by atoms with Gasteiger partial charge in [-0.2, -0.15) is 0 Å². The first kappa shape index (κ1) is 16.7. The van der Waals surface area contributed by atoms with E-state index in [0.29, 0.717) is 17.9 Å². The van der Waals surface area contributed by atoms with Crippen LogP contribution in [0.3, 0.4) is 0 Å². The number of hydrogen-bond donors (Lipinski definition) is 1. The van der Waals surface area contributed by atoms with Crippen LogP contribution in [-0.2, 0) is 9.63 Å². The van der Waals surface area contributed by atoms with Gasteiger partial charge in [-0.25, -0.2) is 9.97 Å². The number of hydrogen-bond acceptors (Lipinski definition) is 6. The maximum absolute atomic E-state index is 12.5. The molecule has 27 heavy (non-hydrogen) atoms. The Bertz CT molecular complexity index is 961. The van der Waals surface area contributed by atoms with Gasteiger partial charge in [-0.1, -0.05) is 41.6 Å². The Morgan fingerprint density at radius 1 is 1.04 bits per heavy atom. The summed E-state index contributed by atoms with van der Waals surface area (Å²) in [7, 11) is 0. The number of carbonyl (C=O) groups is 1. The molecule has 0 bridgehead atoms. The molecule has 0 saturated carbocycles. The predicted molar refractivity (Wildman–Crippen MR) is 99.6 cm³/mol. The van der Waals surface area contributed by atoms with E-state index < -0.39 is 6.10 Å². The first-order chi connectivity index (χ1) is 13.3. The first-order valence-electron chi connectivity index (χ1n) is 8.42. The van der Waals surface area contributed by atoms with Crippen molar-refractivity contribution in [2.45, 2.75) is 12.5 Å². The summed E-state index contributed by atoms with van der Waals surface area (Å²) in [5.41, 5.74) is 2.30. The van der Waals surface area contributed by atoms with Gasteiger partial charge >= 0.3 is 6.01 Å². The van der Waals surface area contributed by atoms with Gasteiger partial charge in [0.05, 0.1) is 5.71 Å². The van der Waals surface area contributed by atoms with Crippen molar-refractivity contribution in [3.63, 3.8) is 0 Å². The van der Waals surface area contributed by atoms with E-state index in [2.05, 4.69) is 20.4 Å². The van der Waals surface area contributed by atoms with Crippen LogP contribution in [0, 0.1) is 0 Å². The fraction of sp³-hybridized carbons (Fsp3) is 0.100. The van der Waals surface area contributed by atoms with Gasteiger partial charge in [0.25, 0.3) is 5.91 Å². The third-order valence-electron chi connectivity index (χ3n) is 3.92. The molecule has 0 spiro atoms. The maximum Gasteiger partial charge on any atom is 0.321 e. The van der Waals surface area contributed by atoms with Crippen LogP contribution in [0.4, 0.5) is 5.69 Å². The minimum Gasteiger partial charge on any atom is -0.424 e. The molecule has 7 nitrogen and oxygen atoms in total. The summed E-state index contributed by atoms with van der Waals surface area (Å²) in [5, 5.41) is 6.86. The second-order valence-electron chi connectivity index (χ2n) is 5.85. The lowest BCUT2D eigenvalue weighted by Gasteiger charge is -2.10. The summed E-state index contributed by atoms with van der Waals surface area (Å²) in [6, 6.07) is 18.6. The molecule has 4 rings (SSSR count). The van der Waals surface area contributed by atoms with Gasteiger partial charge in [0.2, 0.25) is 6.10 Å². The molecule has 1 aliphatic rings. The van der Waals surface area contributed by atoms with Gasteiger partial charge in [-0.05, 0) is 23.8 Å². The quantitative estimate of drug-likeness (QED) is 0.754. The molecule has 2 aromatic carbocycles. The molecule has 1 amide bonds. The average molecular weight is 360 g/mol. The highest BCUT2D eigenvalue weighted by atomic mass is 16.6. The van der Waals surface area contributed by atoms with Crippen molar-refractivity contribution in [1.82, 2.24) is 9.97 Å². The number of benzene rings is 2. The van der Waals surface area contributed by atoms with Crippen LogP contribution in [0.2, 0.25) is 0 Å². The van der Waals surface area contributed by atoms with E-state index >= 15 is 0 Å². The molecule has 2 heterocycles. The topological polar surface area (TPSA) is 85.7 Å². The largest absolute Gasteiger partial charge is 0.424 e. The van der Waals surface area contributed by atoms with Crippen LogP contribution in [0.25, 0.3) is 0 Å². The molecule has 7 heteroatoms. The minimum absolute atomic E-state index is 0.237. The minimum atomic E-state index is -0.665. The molecule has 1 unspecified atom stereocenters. The van der Waals surface area contributed by atoms with Crippen LogP contribution in [0.1, 0.15) is 12.0 Å². The van der Waals surface area contributed by atoms with Gasteiger partial charge < -0.3 is 14.9 Å². The molecule has 0 radical (unpaired) electrons. The second-order valence-corrected chi connectivity index (χ2v) is 5.85. The van der Waals surface area contributed by atoms with Gasteiger partial charge in [0.1, 0.15) is 5.75 Å². The van der Waals surface area contributed by atoms with Crippen LogP contribution < -0.4 is 10.1 Å². The summed E-state index contributed by atoms with van der Waals surface area (Å²) >= 11 is 0. The van der Waals surface area contributed by atoms with Crippen molar-refractivity contribution >= 4 is 17.3 Å². The SMILES string of the molecule is O=C(Nc1cccc(Oc2ncccn2)c1)C1CC(c2ccccc2)=NO1. The number of nitrogens with zero attached hydrogens (tertiary/aromatic N) is 3. The molecule has 134 valence electrons. The van der Waals surface area contributed by atoms with Crippen LogP contribution >= 0.6 is 0 Å². The maximum atomic E-state index is 12.5. The van der Waals surface area contributed by atoms with Crippen LogP contribution in [0.15, 0.2) is 78.2 Å². The summed E-state index contributed by atoms with van der Waals surface area (Å²) in [6.45, 7) is 0. The van der Waals surface area contributed by atoms with E-state index in [1.165, 1.54) is 0 Å². The molecule has 1 aliphatic heterocycles. The molecular weight excluding hydrogens is 344 g/mol. The van der Waals surface area contributed by atoms with Crippen molar-refractivity contribution in [1.29, 1.82) is 0 Å². The lowest BCUT2D eigenvalue weighted by Crippen LogP contribution is -2.28. The van der Waals surface area contributed by atoms with Gasteiger partial charge in [0.15, 0.2) is 0 Å². The fourth-order valence-corrected chi connectivity index (χ4v) is 2.62. The first-order valence-corrected chi connectivity index (χ1v) is 8.42. The van der Waals surface area contributed by atoms with Crippen molar-refractivity contribution in [2.24, 2.45) is 5.16 Å². The monoisotopic (exact) mass is 360 g/mol. The van der Waals surface area contributed by atoms with E-state index in [0.717, 1.165) is 11.3 Å². The summed E-state index contributed by atoms with van der Waals surface area (Å²) in [6.07, 6.45) is 2.94. The van der Waals surface area contributed by atoms with Gasteiger partial charge in [-0.15, -0.1) is 0 Å². The van der Waals surface area contributed by atoms with E-state index in [1.54, 1.807) is 42.7 Å². The van der Waals surface area contributed by atoms with E-state index in [4.69, 9.17) is 9.57 Å². The third kappa shape index (κ3) is 4.09. The zero-order chi connectivity index (χ0) is 18.5. The molecule has 1 N–H and O–H groups in total. The number of carbonyl (C=O) groups excluding carboxylic acids is 1. The molecule has 0 fully saturated rings. The second kappa shape index (κ2) is 7.65. The Kier molecular flexibility index (Phi) is 4.74. The Labute approximate surface area is 155 Å². The van der Waals surface area contributed by atoms with Crippen molar-refractivity contribution in [2.75, 3.05) is 5.32 Å².